The van der Waals surface area contributed by atoms with Crippen LogP contribution in [0, 0.1) is 5.92 Å². The van der Waals surface area contributed by atoms with Gasteiger partial charge in [-0.1, -0.05) is 17.7 Å². The molecule has 1 aliphatic rings. The van der Waals surface area contributed by atoms with E-state index < -0.39 is 0 Å². The van der Waals surface area contributed by atoms with Crippen LogP contribution in [0.2, 0.25) is 5.02 Å². The first-order valence-electron chi connectivity index (χ1n) is 6.79. The predicted molar refractivity (Wildman–Crippen MR) is 78.1 cm³/mol. The number of likely N-dealkylation sites (tertiary alicyclic amines) is 1. The molecule has 110 valence electrons. The predicted octanol–water partition coefficient (Wildman–Crippen LogP) is 2.12. The van der Waals surface area contributed by atoms with Crippen molar-refractivity contribution in [2.24, 2.45) is 5.92 Å². The molecule has 1 aromatic rings. The van der Waals surface area contributed by atoms with Crippen molar-refractivity contribution in [2.75, 3.05) is 20.2 Å². The van der Waals surface area contributed by atoms with Crippen molar-refractivity contribution < 1.29 is 14.6 Å². The molecule has 20 heavy (non-hydrogen) atoms. The van der Waals surface area contributed by atoms with Crippen molar-refractivity contribution >= 4 is 17.5 Å². The van der Waals surface area contributed by atoms with E-state index in [2.05, 4.69) is 0 Å². The van der Waals surface area contributed by atoms with Gasteiger partial charge in [-0.25, -0.2) is 0 Å². The molecule has 0 aliphatic carbocycles. The third-order valence-corrected chi connectivity index (χ3v) is 4.21. The molecule has 0 spiro atoms. The molecule has 1 fully saturated rings. The Morgan fingerprint density at radius 1 is 1.60 bits per heavy atom. The SMILES string of the molecule is COc1ccc(CC(=O)N2CCC(C(C)O)C2)c(Cl)c1. The Hall–Kier alpha value is -1.26. The van der Waals surface area contributed by atoms with E-state index in [1.165, 1.54) is 0 Å². The number of benzene rings is 1. The molecule has 1 aliphatic heterocycles. The lowest BCUT2D eigenvalue weighted by Gasteiger charge is -2.18. The first-order chi connectivity index (χ1) is 9.51. The molecule has 2 rings (SSSR count). The van der Waals surface area contributed by atoms with E-state index in [-0.39, 0.29) is 24.3 Å². The number of rotatable bonds is 4. The third-order valence-electron chi connectivity index (χ3n) is 3.86. The zero-order chi connectivity index (χ0) is 14.7. The second kappa shape index (κ2) is 6.46. The average Bonchev–Trinajstić information content (AvgIpc) is 2.91. The minimum atomic E-state index is -0.364. The molecular formula is C15H20ClNO3. The van der Waals surface area contributed by atoms with Crippen molar-refractivity contribution in [2.45, 2.75) is 25.9 Å². The number of aliphatic hydroxyl groups excluding tert-OH is 1. The molecular weight excluding hydrogens is 278 g/mol. The standard InChI is InChI=1S/C15H20ClNO3/c1-10(18)12-5-6-17(9-12)15(19)7-11-3-4-13(20-2)8-14(11)16/h3-4,8,10,12,18H,5-7,9H2,1-2H3. The number of carbonyl (C=O) groups excluding carboxylic acids is 1. The second-order valence-electron chi connectivity index (χ2n) is 5.26. The summed E-state index contributed by atoms with van der Waals surface area (Å²) in [5.41, 5.74) is 0.804. The van der Waals surface area contributed by atoms with Crippen molar-refractivity contribution in [3.8, 4) is 5.75 Å². The Bertz CT molecular complexity index is 490. The quantitative estimate of drug-likeness (QED) is 0.926. The lowest BCUT2D eigenvalue weighted by atomic mass is 10.0. The van der Waals surface area contributed by atoms with Gasteiger partial charge in [-0.05, 0) is 31.0 Å². The summed E-state index contributed by atoms with van der Waals surface area (Å²) in [6.07, 6.45) is 0.784. The van der Waals surface area contributed by atoms with Gasteiger partial charge in [0.2, 0.25) is 5.91 Å². The minimum Gasteiger partial charge on any atom is -0.497 e. The highest BCUT2D eigenvalue weighted by molar-refractivity contribution is 6.31. The van der Waals surface area contributed by atoms with Crippen LogP contribution in [0.25, 0.3) is 0 Å². The smallest absolute Gasteiger partial charge is 0.227 e. The maximum Gasteiger partial charge on any atom is 0.227 e. The van der Waals surface area contributed by atoms with Gasteiger partial charge in [-0.15, -0.1) is 0 Å². The normalized spacial score (nSPS) is 20.0. The van der Waals surface area contributed by atoms with Crippen LogP contribution in [-0.4, -0.2) is 42.2 Å². The fraction of sp³-hybridized carbons (Fsp3) is 0.533. The number of halogens is 1. The van der Waals surface area contributed by atoms with Gasteiger partial charge in [0.25, 0.3) is 0 Å². The first-order valence-corrected chi connectivity index (χ1v) is 7.17. The van der Waals surface area contributed by atoms with Crippen LogP contribution in [0.3, 0.4) is 0 Å². The molecule has 1 aromatic carbocycles. The molecule has 1 N–H and O–H groups in total. The number of hydrogen-bond acceptors (Lipinski definition) is 3. The fourth-order valence-corrected chi connectivity index (χ4v) is 2.72. The molecule has 0 radical (unpaired) electrons. The molecule has 1 saturated heterocycles. The average molecular weight is 298 g/mol. The van der Waals surface area contributed by atoms with E-state index in [1.807, 2.05) is 6.07 Å². The molecule has 2 unspecified atom stereocenters. The van der Waals surface area contributed by atoms with Gasteiger partial charge >= 0.3 is 0 Å². The molecule has 5 heteroatoms. The fourth-order valence-electron chi connectivity index (χ4n) is 2.48. The molecule has 1 heterocycles. The van der Waals surface area contributed by atoms with Gasteiger partial charge in [0.05, 0.1) is 19.6 Å². The Morgan fingerprint density at radius 3 is 2.90 bits per heavy atom. The highest BCUT2D eigenvalue weighted by Gasteiger charge is 2.29. The van der Waals surface area contributed by atoms with Crippen LogP contribution in [0.5, 0.6) is 5.75 Å². The number of ether oxygens (including phenoxy) is 1. The third kappa shape index (κ3) is 3.44. The van der Waals surface area contributed by atoms with E-state index in [0.29, 0.717) is 23.9 Å². The van der Waals surface area contributed by atoms with Gasteiger partial charge in [0.1, 0.15) is 5.75 Å². The summed E-state index contributed by atoms with van der Waals surface area (Å²) in [6.45, 7) is 3.12. The van der Waals surface area contributed by atoms with Crippen molar-refractivity contribution in [1.82, 2.24) is 4.90 Å². The highest BCUT2D eigenvalue weighted by Crippen LogP contribution is 2.25. The summed E-state index contributed by atoms with van der Waals surface area (Å²) in [5.74, 6) is 0.923. The van der Waals surface area contributed by atoms with E-state index in [9.17, 15) is 9.90 Å². The summed E-state index contributed by atoms with van der Waals surface area (Å²) >= 11 is 6.15. The summed E-state index contributed by atoms with van der Waals surface area (Å²) in [7, 11) is 1.58. The zero-order valence-electron chi connectivity index (χ0n) is 11.8. The van der Waals surface area contributed by atoms with Crippen LogP contribution in [0.1, 0.15) is 18.9 Å². The van der Waals surface area contributed by atoms with E-state index in [1.54, 1.807) is 31.1 Å². The molecule has 1 amide bonds. The minimum absolute atomic E-state index is 0.0558. The van der Waals surface area contributed by atoms with Gasteiger partial charge in [-0.3, -0.25) is 4.79 Å². The Balaban J connectivity index is 1.98. The number of aliphatic hydroxyl groups is 1. The lowest BCUT2D eigenvalue weighted by Crippen LogP contribution is -2.31. The van der Waals surface area contributed by atoms with Crippen LogP contribution in [-0.2, 0) is 11.2 Å². The first kappa shape index (κ1) is 15.1. The zero-order valence-corrected chi connectivity index (χ0v) is 12.6. The van der Waals surface area contributed by atoms with Crippen molar-refractivity contribution in [1.29, 1.82) is 0 Å². The summed E-state index contributed by atoms with van der Waals surface area (Å²) in [4.78, 5) is 14.0. The van der Waals surface area contributed by atoms with E-state index >= 15 is 0 Å². The van der Waals surface area contributed by atoms with Crippen LogP contribution >= 0.6 is 11.6 Å². The lowest BCUT2D eigenvalue weighted by molar-refractivity contribution is -0.129. The molecule has 4 nitrogen and oxygen atoms in total. The van der Waals surface area contributed by atoms with Gasteiger partial charge in [0, 0.05) is 24.0 Å². The van der Waals surface area contributed by atoms with Crippen LogP contribution < -0.4 is 4.74 Å². The molecule has 0 saturated carbocycles. The van der Waals surface area contributed by atoms with E-state index in [4.69, 9.17) is 16.3 Å². The maximum atomic E-state index is 12.2. The van der Waals surface area contributed by atoms with E-state index in [0.717, 1.165) is 12.0 Å². The number of methoxy groups -OCH3 is 1. The second-order valence-corrected chi connectivity index (χ2v) is 5.67. The van der Waals surface area contributed by atoms with Gasteiger partial charge < -0.3 is 14.7 Å². The summed E-state index contributed by atoms with van der Waals surface area (Å²) in [6, 6.07) is 5.34. The summed E-state index contributed by atoms with van der Waals surface area (Å²) < 4.78 is 5.09. The molecule has 0 bridgehead atoms. The van der Waals surface area contributed by atoms with Crippen LogP contribution in [0.15, 0.2) is 18.2 Å². The van der Waals surface area contributed by atoms with Crippen molar-refractivity contribution in [3.05, 3.63) is 28.8 Å². The molecule has 0 aromatic heterocycles. The Morgan fingerprint density at radius 2 is 2.35 bits per heavy atom. The topological polar surface area (TPSA) is 49.8 Å². The largest absolute Gasteiger partial charge is 0.497 e. The van der Waals surface area contributed by atoms with Gasteiger partial charge in [0.15, 0.2) is 0 Å². The number of hydrogen-bond donors (Lipinski definition) is 1. The maximum absolute atomic E-state index is 12.2. The highest BCUT2D eigenvalue weighted by atomic mass is 35.5. The Kier molecular flexibility index (Phi) is 4.89. The monoisotopic (exact) mass is 297 g/mol. The van der Waals surface area contributed by atoms with Crippen molar-refractivity contribution in [3.63, 3.8) is 0 Å². The number of carbonyl (C=O) groups is 1. The summed E-state index contributed by atoms with van der Waals surface area (Å²) in [5, 5.41) is 10.1. The molecule has 2 atom stereocenters. The number of amides is 1. The number of nitrogens with zero attached hydrogens (tertiary/aromatic N) is 1. The van der Waals surface area contributed by atoms with Gasteiger partial charge in [-0.2, -0.15) is 0 Å². The Labute approximate surface area is 124 Å². The van der Waals surface area contributed by atoms with Crippen LogP contribution in [0.4, 0.5) is 0 Å².